The molecule has 8 heteroatoms. The molecule has 1 aliphatic rings. The van der Waals surface area contributed by atoms with Gasteiger partial charge in [0.25, 0.3) is 0 Å². The molecule has 1 aromatic rings. The molecule has 0 amide bonds. The van der Waals surface area contributed by atoms with Crippen molar-refractivity contribution in [1.29, 1.82) is 0 Å². The smallest absolute Gasteiger partial charge is 0.193 e. The van der Waals surface area contributed by atoms with Gasteiger partial charge in [-0.15, -0.1) is 34.2 Å². The first-order valence-corrected chi connectivity index (χ1v) is 7.46. The van der Waals surface area contributed by atoms with Crippen LogP contribution in [-0.4, -0.2) is 59.5 Å². The van der Waals surface area contributed by atoms with Gasteiger partial charge in [0.1, 0.15) is 5.82 Å². The van der Waals surface area contributed by atoms with Gasteiger partial charge >= 0.3 is 0 Å². The lowest BCUT2D eigenvalue weighted by molar-refractivity contribution is 0.115. The van der Waals surface area contributed by atoms with Gasteiger partial charge in [-0.1, -0.05) is 0 Å². The molecule has 1 aliphatic carbocycles. The Morgan fingerprint density at radius 1 is 1.45 bits per heavy atom. The molecule has 1 heterocycles. The summed E-state index contributed by atoms with van der Waals surface area (Å²) in [5.41, 5.74) is 0. The normalized spacial score (nSPS) is 14.6. The number of rotatable bonds is 7. The van der Waals surface area contributed by atoms with E-state index in [9.17, 15) is 0 Å². The van der Waals surface area contributed by atoms with E-state index in [1.807, 2.05) is 25.6 Å². The van der Waals surface area contributed by atoms with E-state index in [0.717, 1.165) is 43.3 Å². The van der Waals surface area contributed by atoms with E-state index in [1.165, 1.54) is 12.8 Å². The van der Waals surface area contributed by atoms with Gasteiger partial charge in [-0.05, 0) is 25.7 Å². The highest BCUT2D eigenvalue weighted by Crippen LogP contribution is 2.28. The lowest BCUT2D eigenvalue weighted by Gasteiger charge is -2.21. The summed E-state index contributed by atoms with van der Waals surface area (Å²) in [6.45, 7) is 5.00. The molecule has 0 unspecified atom stereocenters. The zero-order valence-electron chi connectivity index (χ0n) is 13.9. The Balaban J connectivity index is 0.00000242. The number of nitrogens with zero attached hydrogens (tertiary/aromatic N) is 5. The zero-order valence-corrected chi connectivity index (χ0v) is 16.2. The van der Waals surface area contributed by atoms with Crippen LogP contribution in [0.2, 0.25) is 0 Å². The molecule has 126 valence electrons. The largest absolute Gasteiger partial charge is 0.379 e. The van der Waals surface area contributed by atoms with Crippen molar-refractivity contribution >= 4 is 29.9 Å². The Morgan fingerprint density at radius 2 is 2.18 bits per heavy atom. The topological polar surface area (TPSA) is 67.6 Å². The quantitative estimate of drug-likeness (QED) is 0.309. The molecule has 7 nitrogen and oxygen atoms in total. The van der Waals surface area contributed by atoms with E-state index in [-0.39, 0.29) is 24.0 Å². The first-order valence-electron chi connectivity index (χ1n) is 7.46. The standard InChI is InChI=1S/C14H26N6O.HI/c1-11-17-18-13(20(11)4)9-16-14(15-2)19(3)7-8-21-10-12-5-6-12;/h12H,5-10H2,1-4H3,(H,15,16);1H. The van der Waals surface area contributed by atoms with Crippen molar-refractivity contribution in [2.75, 3.05) is 33.9 Å². The maximum absolute atomic E-state index is 5.66. The van der Waals surface area contributed by atoms with Gasteiger partial charge in [-0.3, -0.25) is 4.99 Å². The molecule has 0 saturated heterocycles. The summed E-state index contributed by atoms with van der Waals surface area (Å²) in [5.74, 6) is 3.45. The van der Waals surface area contributed by atoms with Gasteiger partial charge in [-0.25, -0.2) is 0 Å². The number of likely N-dealkylation sites (N-methyl/N-ethyl adjacent to an activating group) is 1. The van der Waals surface area contributed by atoms with E-state index in [0.29, 0.717) is 6.54 Å². The molecular weight excluding hydrogens is 395 g/mol. The number of hydrogen-bond donors (Lipinski definition) is 1. The fraction of sp³-hybridized carbons (Fsp3) is 0.786. The summed E-state index contributed by atoms with van der Waals surface area (Å²) in [6.07, 6.45) is 2.66. The van der Waals surface area contributed by atoms with Crippen molar-refractivity contribution in [3.05, 3.63) is 11.6 Å². The molecule has 0 aliphatic heterocycles. The van der Waals surface area contributed by atoms with Crippen molar-refractivity contribution in [2.24, 2.45) is 18.0 Å². The van der Waals surface area contributed by atoms with Crippen LogP contribution in [0.5, 0.6) is 0 Å². The van der Waals surface area contributed by atoms with Crippen LogP contribution in [-0.2, 0) is 18.3 Å². The van der Waals surface area contributed by atoms with Crippen LogP contribution in [0.1, 0.15) is 24.5 Å². The fourth-order valence-corrected chi connectivity index (χ4v) is 1.99. The zero-order chi connectivity index (χ0) is 15.2. The minimum absolute atomic E-state index is 0. The molecule has 1 fully saturated rings. The maximum atomic E-state index is 5.66. The van der Waals surface area contributed by atoms with Gasteiger partial charge < -0.3 is 19.5 Å². The monoisotopic (exact) mass is 422 g/mol. The molecule has 0 atom stereocenters. The van der Waals surface area contributed by atoms with Crippen LogP contribution in [0.4, 0.5) is 0 Å². The van der Waals surface area contributed by atoms with E-state index in [1.54, 1.807) is 7.05 Å². The second-order valence-electron chi connectivity index (χ2n) is 5.56. The van der Waals surface area contributed by atoms with Crippen LogP contribution in [0, 0.1) is 12.8 Å². The van der Waals surface area contributed by atoms with Crippen molar-refractivity contribution in [2.45, 2.75) is 26.3 Å². The summed E-state index contributed by atoms with van der Waals surface area (Å²) >= 11 is 0. The minimum atomic E-state index is 0. The lowest BCUT2D eigenvalue weighted by Crippen LogP contribution is -2.40. The first-order chi connectivity index (χ1) is 10.1. The first kappa shape index (κ1) is 19.1. The number of nitrogens with one attached hydrogen (secondary N) is 1. The van der Waals surface area contributed by atoms with E-state index in [2.05, 4.69) is 25.4 Å². The molecule has 0 aromatic carbocycles. The third-order valence-electron chi connectivity index (χ3n) is 3.78. The molecule has 0 spiro atoms. The second kappa shape index (κ2) is 9.29. The van der Waals surface area contributed by atoms with Gasteiger partial charge in [0.2, 0.25) is 0 Å². The summed E-state index contributed by atoms with van der Waals surface area (Å²) < 4.78 is 7.63. The summed E-state index contributed by atoms with van der Waals surface area (Å²) in [6, 6.07) is 0. The molecule has 0 bridgehead atoms. The third-order valence-corrected chi connectivity index (χ3v) is 3.78. The molecule has 1 N–H and O–H groups in total. The Labute approximate surface area is 149 Å². The van der Waals surface area contributed by atoms with Crippen molar-refractivity contribution < 1.29 is 4.74 Å². The predicted octanol–water partition coefficient (Wildman–Crippen LogP) is 1.18. The van der Waals surface area contributed by atoms with Crippen LogP contribution in [0.25, 0.3) is 0 Å². The van der Waals surface area contributed by atoms with Crippen LogP contribution < -0.4 is 5.32 Å². The van der Waals surface area contributed by atoms with Crippen molar-refractivity contribution in [1.82, 2.24) is 25.0 Å². The number of guanidine groups is 1. The van der Waals surface area contributed by atoms with Gasteiger partial charge in [0.15, 0.2) is 11.8 Å². The lowest BCUT2D eigenvalue weighted by atomic mass is 10.5. The number of hydrogen-bond acceptors (Lipinski definition) is 4. The number of aromatic nitrogens is 3. The maximum Gasteiger partial charge on any atom is 0.193 e. The Bertz CT molecular complexity index is 486. The van der Waals surface area contributed by atoms with Gasteiger partial charge in [0, 0.05) is 34.3 Å². The SMILES string of the molecule is CN=C(NCc1nnc(C)n1C)N(C)CCOCC1CC1.I. The van der Waals surface area contributed by atoms with Crippen LogP contribution in [0.15, 0.2) is 4.99 Å². The molecule has 0 radical (unpaired) electrons. The van der Waals surface area contributed by atoms with Crippen molar-refractivity contribution in [3.8, 4) is 0 Å². The highest BCUT2D eigenvalue weighted by molar-refractivity contribution is 14.0. The minimum Gasteiger partial charge on any atom is -0.379 e. The Kier molecular flexibility index (Phi) is 8.08. The summed E-state index contributed by atoms with van der Waals surface area (Å²) in [7, 11) is 5.76. The number of aryl methyl sites for hydroxylation is 1. The third kappa shape index (κ3) is 5.71. The molecule has 2 rings (SSSR count). The average molecular weight is 422 g/mol. The van der Waals surface area contributed by atoms with Crippen LogP contribution in [0.3, 0.4) is 0 Å². The summed E-state index contributed by atoms with van der Waals surface area (Å²) in [4.78, 5) is 6.35. The van der Waals surface area contributed by atoms with E-state index < -0.39 is 0 Å². The second-order valence-corrected chi connectivity index (χ2v) is 5.56. The van der Waals surface area contributed by atoms with Crippen LogP contribution >= 0.6 is 24.0 Å². The van der Waals surface area contributed by atoms with Gasteiger partial charge in [0.05, 0.1) is 13.2 Å². The van der Waals surface area contributed by atoms with E-state index >= 15 is 0 Å². The van der Waals surface area contributed by atoms with Gasteiger partial charge in [-0.2, -0.15) is 0 Å². The van der Waals surface area contributed by atoms with Crippen molar-refractivity contribution in [3.63, 3.8) is 0 Å². The molecule has 22 heavy (non-hydrogen) atoms. The highest BCUT2D eigenvalue weighted by atomic mass is 127. The number of halogens is 1. The Morgan fingerprint density at radius 3 is 2.73 bits per heavy atom. The molecule has 1 aromatic heterocycles. The number of aliphatic imine (C=N–C) groups is 1. The molecular formula is C14H27IN6O. The van der Waals surface area contributed by atoms with E-state index in [4.69, 9.17) is 4.74 Å². The predicted molar refractivity (Wildman–Crippen MR) is 97.5 cm³/mol. The fourth-order valence-electron chi connectivity index (χ4n) is 1.99. The average Bonchev–Trinajstić information content (AvgIpc) is 3.25. The molecule has 1 saturated carbocycles. The Hall–Kier alpha value is -0.900. The summed E-state index contributed by atoms with van der Waals surface area (Å²) in [5, 5.41) is 11.5. The number of ether oxygens (including phenoxy) is 1. The highest BCUT2D eigenvalue weighted by Gasteiger charge is 2.21.